The smallest absolute Gasteiger partial charge is 0.324 e. The molecule has 0 fully saturated rings. The van der Waals surface area contributed by atoms with Gasteiger partial charge in [0.05, 0.1) is 0 Å². The number of hydrogen-bond acceptors (Lipinski definition) is 1. The van der Waals surface area contributed by atoms with Crippen LogP contribution in [0.3, 0.4) is 0 Å². The van der Waals surface area contributed by atoms with Gasteiger partial charge in [0.2, 0.25) is 0 Å². The number of hydrogen-bond donors (Lipinski definition) is 1. The predicted octanol–water partition coefficient (Wildman–Crippen LogP) is 4.41. The third kappa shape index (κ3) is 5.61. The van der Waals surface area contributed by atoms with Crippen LogP contribution in [0.2, 0.25) is 5.02 Å². The molecule has 17 heavy (non-hydrogen) atoms. The van der Waals surface area contributed by atoms with Gasteiger partial charge in [0.25, 0.3) is 0 Å². The van der Waals surface area contributed by atoms with Crippen LogP contribution in [0.4, 0.5) is 13.2 Å². The number of alkyl halides is 3. The van der Waals surface area contributed by atoms with Crippen LogP contribution in [-0.4, -0.2) is 6.18 Å². The molecule has 0 bridgehead atoms. The molecule has 0 saturated heterocycles. The van der Waals surface area contributed by atoms with E-state index in [1.807, 2.05) is 6.92 Å². The van der Waals surface area contributed by atoms with Gasteiger partial charge < -0.3 is 5.73 Å². The summed E-state index contributed by atoms with van der Waals surface area (Å²) in [5, 5.41) is 0.528. The Bertz CT molecular complexity index is 366. The molecule has 2 N–H and O–H groups in total. The van der Waals surface area contributed by atoms with E-state index in [1.165, 1.54) is 0 Å². The van der Waals surface area contributed by atoms with Gasteiger partial charge in [-0.1, -0.05) is 23.7 Å². The lowest BCUT2D eigenvalue weighted by atomic mass is 10.0. The number of nitrogens with two attached hydrogens (primary N) is 1. The monoisotopic (exact) mass is 287 g/mol. The molecule has 0 spiro atoms. The average Bonchev–Trinajstić information content (AvgIpc) is 2.17. The largest absolute Gasteiger partial charge is 0.389 e. The highest BCUT2D eigenvalue weighted by atomic mass is 35.5. The summed E-state index contributed by atoms with van der Waals surface area (Å²) in [6.45, 7) is 1.83. The van der Waals surface area contributed by atoms with E-state index in [2.05, 4.69) is 0 Å². The zero-order valence-electron chi connectivity index (χ0n) is 9.22. The van der Waals surface area contributed by atoms with Gasteiger partial charge in [-0.15, -0.1) is 12.4 Å². The van der Waals surface area contributed by atoms with E-state index in [9.17, 15) is 13.2 Å². The Kier molecular flexibility index (Phi) is 6.30. The second kappa shape index (κ2) is 6.47. The van der Waals surface area contributed by atoms with Gasteiger partial charge in [0, 0.05) is 17.5 Å². The minimum absolute atomic E-state index is 0. The van der Waals surface area contributed by atoms with Crippen molar-refractivity contribution in [1.82, 2.24) is 0 Å². The topological polar surface area (TPSA) is 26.0 Å². The predicted molar refractivity (Wildman–Crippen MR) is 65.7 cm³/mol. The van der Waals surface area contributed by atoms with E-state index in [-0.39, 0.29) is 18.8 Å². The summed E-state index contributed by atoms with van der Waals surface area (Å²) < 4.78 is 36.0. The Balaban J connectivity index is 0.00000256. The molecule has 6 heteroatoms. The molecular formula is C11H14Cl2F3N. The zero-order valence-corrected chi connectivity index (χ0v) is 10.8. The maximum Gasteiger partial charge on any atom is 0.389 e. The van der Waals surface area contributed by atoms with Crippen LogP contribution >= 0.6 is 24.0 Å². The third-order valence-corrected chi connectivity index (χ3v) is 2.77. The normalized spacial score (nSPS) is 13.1. The highest BCUT2D eigenvalue weighted by molar-refractivity contribution is 6.31. The fourth-order valence-corrected chi connectivity index (χ4v) is 1.51. The Morgan fingerprint density at radius 1 is 1.35 bits per heavy atom. The van der Waals surface area contributed by atoms with Crippen LogP contribution < -0.4 is 5.73 Å². The second-order valence-corrected chi connectivity index (χ2v) is 4.18. The van der Waals surface area contributed by atoms with Gasteiger partial charge >= 0.3 is 6.18 Å². The summed E-state index contributed by atoms with van der Waals surface area (Å²) in [4.78, 5) is 0. The highest BCUT2D eigenvalue weighted by Crippen LogP contribution is 2.28. The molecule has 0 heterocycles. The first-order chi connectivity index (χ1) is 7.29. The molecule has 1 aromatic carbocycles. The van der Waals surface area contributed by atoms with Crippen molar-refractivity contribution in [2.45, 2.75) is 32.0 Å². The van der Waals surface area contributed by atoms with Crippen LogP contribution in [-0.2, 0) is 0 Å². The van der Waals surface area contributed by atoms with Crippen molar-refractivity contribution in [3.05, 3.63) is 34.3 Å². The van der Waals surface area contributed by atoms with Crippen LogP contribution in [0, 0.1) is 6.92 Å². The maximum atomic E-state index is 12.0. The second-order valence-electron chi connectivity index (χ2n) is 3.77. The van der Waals surface area contributed by atoms with Crippen molar-refractivity contribution in [3.63, 3.8) is 0 Å². The number of benzene rings is 1. The van der Waals surface area contributed by atoms with Crippen molar-refractivity contribution < 1.29 is 13.2 Å². The van der Waals surface area contributed by atoms with Gasteiger partial charge in [-0.25, -0.2) is 0 Å². The maximum absolute atomic E-state index is 12.0. The Labute approximate surface area is 110 Å². The summed E-state index contributed by atoms with van der Waals surface area (Å²) in [6.07, 6.45) is -5.16. The molecule has 1 nitrogen and oxygen atoms in total. The first-order valence-corrected chi connectivity index (χ1v) is 5.26. The summed E-state index contributed by atoms with van der Waals surface area (Å²) in [5.74, 6) is 0. The minimum Gasteiger partial charge on any atom is -0.324 e. The molecule has 1 rings (SSSR count). The molecule has 0 amide bonds. The van der Waals surface area contributed by atoms with E-state index >= 15 is 0 Å². The standard InChI is InChI=1S/C11H13ClF3N.ClH/c1-7-2-3-8(6-9(7)12)10(16)4-5-11(13,14)15;/h2-3,6,10H,4-5,16H2,1H3;1H/t10-;/m1./s1. The van der Waals surface area contributed by atoms with Crippen molar-refractivity contribution in [2.75, 3.05) is 0 Å². The summed E-state index contributed by atoms with van der Waals surface area (Å²) in [5.41, 5.74) is 7.18. The zero-order chi connectivity index (χ0) is 12.3. The lowest BCUT2D eigenvalue weighted by Crippen LogP contribution is -2.15. The van der Waals surface area contributed by atoms with E-state index in [0.29, 0.717) is 10.6 Å². The quantitative estimate of drug-likeness (QED) is 0.875. The third-order valence-electron chi connectivity index (χ3n) is 2.36. The number of aryl methyl sites for hydroxylation is 1. The minimum atomic E-state index is -4.16. The van der Waals surface area contributed by atoms with Gasteiger partial charge in [-0.05, 0) is 30.5 Å². The number of halogens is 5. The van der Waals surface area contributed by atoms with Gasteiger partial charge in [0.1, 0.15) is 0 Å². The lowest BCUT2D eigenvalue weighted by molar-refractivity contribution is -0.136. The van der Waals surface area contributed by atoms with Crippen LogP contribution in [0.15, 0.2) is 18.2 Å². The molecule has 0 aliphatic carbocycles. The van der Waals surface area contributed by atoms with Crippen molar-refractivity contribution in [2.24, 2.45) is 5.73 Å². The van der Waals surface area contributed by atoms with Crippen molar-refractivity contribution in [1.29, 1.82) is 0 Å². The molecule has 0 saturated carbocycles. The van der Waals surface area contributed by atoms with Crippen molar-refractivity contribution >= 4 is 24.0 Å². The average molecular weight is 288 g/mol. The fourth-order valence-electron chi connectivity index (χ4n) is 1.33. The Morgan fingerprint density at radius 2 is 1.94 bits per heavy atom. The number of rotatable bonds is 3. The molecular weight excluding hydrogens is 274 g/mol. The fraction of sp³-hybridized carbons (Fsp3) is 0.455. The van der Waals surface area contributed by atoms with Crippen LogP contribution in [0.25, 0.3) is 0 Å². The van der Waals surface area contributed by atoms with Crippen LogP contribution in [0.5, 0.6) is 0 Å². The van der Waals surface area contributed by atoms with Crippen molar-refractivity contribution in [3.8, 4) is 0 Å². The van der Waals surface area contributed by atoms with Gasteiger partial charge in [-0.2, -0.15) is 13.2 Å². The molecule has 0 aliphatic heterocycles. The molecule has 0 radical (unpaired) electrons. The lowest BCUT2D eigenvalue weighted by Gasteiger charge is -2.14. The van der Waals surface area contributed by atoms with Gasteiger partial charge in [0.15, 0.2) is 0 Å². The first-order valence-electron chi connectivity index (χ1n) is 4.88. The summed E-state index contributed by atoms with van der Waals surface area (Å²) in [7, 11) is 0. The van der Waals surface area contributed by atoms with Gasteiger partial charge in [-0.3, -0.25) is 0 Å². The molecule has 0 aliphatic rings. The summed E-state index contributed by atoms with van der Waals surface area (Å²) in [6, 6.07) is 4.46. The first kappa shape index (κ1) is 16.6. The Hall–Kier alpha value is -0.450. The Morgan fingerprint density at radius 3 is 2.41 bits per heavy atom. The molecule has 98 valence electrons. The van der Waals surface area contributed by atoms with E-state index in [4.69, 9.17) is 17.3 Å². The molecule has 0 aromatic heterocycles. The SMILES string of the molecule is Cc1ccc([C@H](N)CCC(F)(F)F)cc1Cl.Cl. The molecule has 1 aromatic rings. The molecule has 1 atom stereocenters. The van der Waals surface area contributed by atoms with Crippen LogP contribution in [0.1, 0.15) is 30.0 Å². The van der Waals surface area contributed by atoms with E-state index in [1.54, 1.807) is 18.2 Å². The van der Waals surface area contributed by atoms with E-state index < -0.39 is 18.6 Å². The van der Waals surface area contributed by atoms with E-state index in [0.717, 1.165) is 5.56 Å². The summed E-state index contributed by atoms with van der Waals surface area (Å²) >= 11 is 5.87. The highest BCUT2D eigenvalue weighted by Gasteiger charge is 2.27. The molecule has 0 unspecified atom stereocenters.